The van der Waals surface area contributed by atoms with Crippen molar-refractivity contribution < 1.29 is 29.0 Å². The molecule has 2 saturated heterocycles. The van der Waals surface area contributed by atoms with Crippen molar-refractivity contribution in [3.8, 4) is 0 Å². The van der Waals surface area contributed by atoms with Crippen LogP contribution in [0.15, 0.2) is 0 Å². The zero-order valence-electron chi connectivity index (χ0n) is 12.5. The highest BCUT2D eigenvalue weighted by molar-refractivity contribution is 5.85. The van der Waals surface area contributed by atoms with E-state index >= 15 is 0 Å². The average molecular weight is 328 g/mol. The van der Waals surface area contributed by atoms with Gasteiger partial charge in [0.1, 0.15) is 12.3 Å². The summed E-state index contributed by atoms with van der Waals surface area (Å²) in [6, 6.07) is -1.10. The lowest BCUT2D eigenvalue weighted by atomic mass is 10.1. The van der Waals surface area contributed by atoms with Crippen LogP contribution >= 0.6 is 0 Å². The summed E-state index contributed by atoms with van der Waals surface area (Å²) in [7, 11) is 0. The molecule has 3 unspecified atom stereocenters. The van der Waals surface area contributed by atoms with Gasteiger partial charge in [-0.05, 0) is 6.42 Å². The maximum atomic E-state index is 11.6. The van der Waals surface area contributed by atoms with Crippen LogP contribution in [0.4, 0.5) is 0 Å². The highest BCUT2D eigenvalue weighted by atomic mass is 16.5. The van der Waals surface area contributed by atoms with Crippen molar-refractivity contribution in [2.45, 2.75) is 37.6 Å². The van der Waals surface area contributed by atoms with Crippen LogP contribution in [-0.4, -0.2) is 71.7 Å². The van der Waals surface area contributed by atoms with E-state index in [4.69, 9.17) is 15.6 Å². The average Bonchev–Trinajstić information content (AvgIpc) is 2.84. The van der Waals surface area contributed by atoms with Gasteiger partial charge in [0.2, 0.25) is 17.7 Å². The van der Waals surface area contributed by atoms with Gasteiger partial charge in [-0.25, -0.2) is 0 Å². The molecule has 2 aliphatic rings. The van der Waals surface area contributed by atoms with Crippen LogP contribution in [0.1, 0.15) is 19.3 Å². The van der Waals surface area contributed by atoms with Crippen molar-refractivity contribution in [3.05, 3.63) is 0 Å². The summed E-state index contributed by atoms with van der Waals surface area (Å²) in [4.78, 5) is 46.4. The van der Waals surface area contributed by atoms with Gasteiger partial charge in [-0.3, -0.25) is 19.2 Å². The van der Waals surface area contributed by atoms with E-state index in [-0.39, 0.29) is 50.1 Å². The number of hydrogen-bond acceptors (Lipinski definition) is 6. The molecule has 10 heteroatoms. The normalized spacial score (nSPS) is 23.7. The predicted molar refractivity (Wildman–Crippen MR) is 75.9 cm³/mol. The number of fused-ring (bicyclic) bond motifs is 1. The molecule has 2 rings (SSSR count). The van der Waals surface area contributed by atoms with E-state index in [1.54, 1.807) is 4.90 Å². The standard InChI is InChI=1S/C13H20N4O6/c14-8(13(21)22)1-2-9(18)16-5-10(19)15-4-7-6-17-11(20)3-12(17)23-7/h7-8,12H,1-6,14H2,(H,15,19)(H,16,18)(H,21,22). The number of carbonyl (C=O) groups is 4. The van der Waals surface area contributed by atoms with Crippen LogP contribution < -0.4 is 16.4 Å². The minimum absolute atomic E-state index is 0.00392. The third-order valence-electron chi connectivity index (χ3n) is 3.74. The summed E-state index contributed by atoms with van der Waals surface area (Å²) >= 11 is 0. The molecule has 0 aromatic rings. The second-order valence-corrected chi connectivity index (χ2v) is 5.53. The van der Waals surface area contributed by atoms with Crippen LogP contribution in [0.3, 0.4) is 0 Å². The van der Waals surface area contributed by atoms with Gasteiger partial charge in [0.05, 0.1) is 25.6 Å². The molecule has 3 amide bonds. The highest BCUT2D eigenvalue weighted by Crippen LogP contribution is 2.28. The van der Waals surface area contributed by atoms with Crippen LogP contribution in [0, 0.1) is 0 Å². The van der Waals surface area contributed by atoms with Crippen molar-refractivity contribution in [1.82, 2.24) is 15.5 Å². The van der Waals surface area contributed by atoms with Gasteiger partial charge in [-0.1, -0.05) is 0 Å². The SMILES string of the molecule is NC(CCC(=O)NCC(=O)NCC1CN2C(=O)CC2O1)C(=O)O. The molecule has 0 bridgehead atoms. The number of hydrogen-bond donors (Lipinski definition) is 4. The summed E-state index contributed by atoms with van der Waals surface area (Å²) in [6.45, 7) is 0.516. The molecule has 0 saturated carbocycles. The van der Waals surface area contributed by atoms with Crippen LogP contribution in [-0.2, 0) is 23.9 Å². The van der Waals surface area contributed by atoms with Gasteiger partial charge < -0.3 is 31.1 Å². The molecular formula is C13H20N4O6. The van der Waals surface area contributed by atoms with E-state index < -0.39 is 17.9 Å². The van der Waals surface area contributed by atoms with E-state index in [9.17, 15) is 19.2 Å². The van der Waals surface area contributed by atoms with E-state index in [0.29, 0.717) is 13.0 Å². The lowest BCUT2D eigenvalue weighted by Crippen LogP contribution is -2.48. The van der Waals surface area contributed by atoms with Crippen molar-refractivity contribution in [1.29, 1.82) is 0 Å². The number of rotatable bonds is 8. The van der Waals surface area contributed by atoms with E-state index in [0.717, 1.165) is 0 Å². The Labute approximate surface area is 132 Å². The monoisotopic (exact) mass is 328 g/mol. The molecule has 2 fully saturated rings. The number of amides is 3. The zero-order chi connectivity index (χ0) is 17.0. The van der Waals surface area contributed by atoms with Gasteiger partial charge in [0, 0.05) is 13.0 Å². The molecule has 2 aliphatic heterocycles. The number of nitrogens with two attached hydrogens (primary N) is 1. The number of aliphatic carboxylic acids is 1. The van der Waals surface area contributed by atoms with E-state index in [1.165, 1.54) is 0 Å². The molecule has 3 atom stereocenters. The number of carboxylic acid groups (broad SMARTS) is 1. The molecule has 10 nitrogen and oxygen atoms in total. The predicted octanol–water partition coefficient (Wildman–Crippen LogP) is -2.63. The Morgan fingerprint density at radius 2 is 2.09 bits per heavy atom. The van der Waals surface area contributed by atoms with Gasteiger partial charge in [-0.15, -0.1) is 0 Å². The molecule has 0 spiro atoms. The van der Waals surface area contributed by atoms with Gasteiger partial charge in [0.25, 0.3) is 0 Å². The summed E-state index contributed by atoms with van der Waals surface area (Å²) in [6.07, 6.45) is -0.0732. The lowest BCUT2D eigenvalue weighted by Gasteiger charge is -2.31. The fourth-order valence-corrected chi connectivity index (χ4v) is 2.33. The lowest BCUT2D eigenvalue weighted by molar-refractivity contribution is -0.156. The number of carboxylic acids is 1. The molecule has 0 aromatic heterocycles. The van der Waals surface area contributed by atoms with Crippen molar-refractivity contribution in [2.24, 2.45) is 5.73 Å². The first kappa shape index (κ1) is 17.2. The second-order valence-electron chi connectivity index (χ2n) is 5.53. The van der Waals surface area contributed by atoms with Gasteiger partial charge in [-0.2, -0.15) is 0 Å². The first-order valence-electron chi connectivity index (χ1n) is 7.33. The maximum absolute atomic E-state index is 11.6. The molecular weight excluding hydrogens is 308 g/mol. The van der Waals surface area contributed by atoms with Crippen LogP contribution in [0.5, 0.6) is 0 Å². The number of β-lactam (4-membered cyclic amide) rings is 1. The minimum Gasteiger partial charge on any atom is -0.480 e. The largest absolute Gasteiger partial charge is 0.480 e. The maximum Gasteiger partial charge on any atom is 0.320 e. The quantitative estimate of drug-likeness (QED) is 0.356. The Balaban J connectivity index is 1.56. The number of nitrogens with zero attached hydrogens (tertiary/aromatic N) is 1. The Kier molecular flexibility index (Phi) is 5.50. The third kappa shape index (κ3) is 4.63. The number of carbonyl (C=O) groups excluding carboxylic acids is 3. The van der Waals surface area contributed by atoms with Gasteiger partial charge >= 0.3 is 5.97 Å². The molecule has 0 aliphatic carbocycles. The van der Waals surface area contributed by atoms with Crippen LogP contribution in [0.25, 0.3) is 0 Å². The molecule has 2 heterocycles. The Morgan fingerprint density at radius 3 is 2.70 bits per heavy atom. The van der Waals surface area contributed by atoms with Gasteiger partial charge in [0.15, 0.2) is 0 Å². The number of ether oxygens (including phenoxy) is 1. The molecule has 0 aromatic carbocycles. The van der Waals surface area contributed by atoms with Crippen LogP contribution in [0.2, 0.25) is 0 Å². The van der Waals surface area contributed by atoms with Crippen molar-refractivity contribution >= 4 is 23.7 Å². The van der Waals surface area contributed by atoms with E-state index in [1.807, 2.05) is 0 Å². The summed E-state index contributed by atoms with van der Waals surface area (Å²) in [5, 5.41) is 13.6. The molecule has 128 valence electrons. The summed E-state index contributed by atoms with van der Waals surface area (Å²) in [5.41, 5.74) is 5.27. The molecule has 23 heavy (non-hydrogen) atoms. The highest BCUT2D eigenvalue weighted by Gasteiger charge is 2.45. The Hall–Kier alpha value is -2.20. The number of nitrogens with one attached hydrogen (secondary N) is 2. The van der Waals surface area contributed by atoms with E-state index in [2.05, 4.69) is 10.6 Å². The zero-order valence-corrected chi connectivity index (χ0v) is 12.5. The fraction of sp³-hybridized carbons (Fsp3) is 0.692. The second kappa shape index (κ2) is 7.38. The first-order valence-corrected chi connectivity index (χ1v) is 7.33. The van der Waals surface area contributed by atoms with Crippen molar-refractivity contribution in [2.75, 3.05) is 19.6 Å². The fourth-order valence-electron chi connectivity index (χ4n) is 2.33. The van der Waals surface area contributed by atoms with Crippen molar-refractivity contribution in [3.63, 3.8) is 0 Å². The Morgan fingerprint density at radius 1 is 1.35 bits per heavy atom. The third-order valence-corrected chi connectivity index (χ3v) is 3.74. The Bertz CT molecular complexity index is 511. The minimum atomic E-state index is -1.17. The topological polar surface area (TPSA) is 151 Å². The smallest absolute Gasteiger partial charge is 0.320 e. The first-order chi connectivity index (χ1) is 10.9. The summed E-state index contributed by atoms with van der Waals surface area (Å²) < 4.78 is 5.53. The molecule has 5 N–H and O–H groups in total. The molecule has 0 radical (unpaired) electrons. The summed E-state index contributed by atoms with van der Waals surface area (Å²) in [5.74, 6) is -1.94.